The number of nitrogens with zero attached hydrogens (tertiary/aromatic N) is 1. The van der Waals surface area contributed by atoms with Crippen molar-refractivity contribution in [3.05, 3.63) is 67.9 Å². The second-order valence-corrected chi connectivity index (χ2v) is 5.21. The van der Waals surface area contributed by atoms with Crippen LogP contribution in [0.2, 0.25) is 0 Å². The Hall–Kier alpha value is -1.95. The van der Waals surface area contributed by atoms with Gasteiger partial charge < -0.3 is 5.32 Å². The highest BCUT2D eigenvalue weighted by molar-refractivity contribution is 9.10. The van der Waals surface area contributed by atoms with Gasteiger partial charge in [0, 0.05) is 23.9 Å². The van der Waals surface area contributed by atoms with Crippen LogP contribution in [-0.4, -0.2) is 4.92 Å². The molecule has 0 aliphatic heterocycles. The molecule has 0 atom stereocenters. The summed E-state index contributed by atoms with van der Waals surface area (Å²) >= 11 is 3.10. The third kappa shape index (κ3) is 3.33. The van der Waals surface area contributed by atoms with Gasteiger partial charge >= 0.3 is 0 Å². The molecule has 2 aromatic carbocycles. The molecule has 0 amide bonds. The Balaban J connectivity index is 2.09. The first-order valence-corrected chi connectivity index (χ1v) is 6.69. The topological polar surface area (TPSA) is 55.2 Å². The SMILES string of the molecule is Cc1cc(NCc2ccc(Br)c(F)c2)ccc1[N+](=O)[O-]. The summed E-state index contributed by atoms with van der Waals surface area (Å²) in [7, 11) is 0. The lowest BCUT2D eigenvalue weighted by Crippen LogP contribution is -2.01. The maximum absolute atomic E-state index is 13.4. The molecule has 0 fully saturated rings. The standard InChI is InChI=1S/C14H12BrFN2O2/c1-9-6-11(3-5-14(9)18(19)20)17-8-10-2-4-12(15)13(16)7-10/h2-7,17H,8H2,1H3. The number of benzene rings is 2. The van der Waals surface area contributed by atoms with Crippen molar-refractivity contribution < 1.29 is 9.31 Å². The Morgan fingerprint density at radius 2 is 2.05 bits per heavy atom. The Bertz CT molecular complexity index is 662. The summed E-state index contributed by atoms with van der Waals surface area (Å²) in [6.45, 7) is 2.13. The molecule has 0 bridgehead atoms. The Morgan fingerprint density at radius 1 is 1.30 bits per heavy atom. The number of halogens is 2. The zero-order chi connectivity index (χ0) is 14.7. The van der Waals surface area contributed by atoms with Crippen LogP contribution in [0.15, 0.2) is 40.9 Å². The normalized spacial score (nSPS) is 10.3. The fraction of sp³-hybridized carbons (Fsp3) is 0.143. The average molecular weight is 339 g/mol. The predicted molar refractivity (Wildman–Crippen MR) is 79.3 cm³/mol. The van der Waals surface area contributed by atoms with Crippen LogP contribution in [0.3, 0.4) is 0 Å². The first kappa shape index (κ1) is 14.5. The lowest BCUT2D eigenvalue weighted by Gasteiger charge is -2.08. The van der Waals surface area contributed by atoms with Crippen LogP contribution in [0.25, 0.3) is 0 Å². The molecule has 0 aliphatic rings. The van der Waals surface area contributed by atoms with E-state index in [-0.39, 0.29) is 11.5 Å². The lowest BCUT2D eigenvalue weighted by atomic mass is 10.1. The maximum atomic E-state index is 13.4. The van der Waals surface area contributed by atoms with Crippen molar-refractivity contribution in [2.45, 2.75) is 13.5 Å². The molecule has 20 heavy (non-hydrogen) atoms. The molecule has 0 heterocycles. The smallest absolute Gasteiger partial charge is 0.272 e. The highest BCUT2D eigenvalue weighted by Crippen LogP contribution is 2.22. The van der Waals surface area contributed by atoms with E-state index >= 15 is 0 Å². The molecule has 0 unspecified atom stereocenters. The van der Waals surface area contributed by atoms with Crippen LogP contribution in [0, 0.1) is 22.9 Å². The van der Waals surface area contributed by atoms with Crippen molar-refractivity contribution in [3.8, 4) is 0 Å². The molecule has 0 saturated carbocycles. The summed E-state index contributed by atoms with van der Waals surface area (Å²) in [5.41, 5.74) is 2.23. The van der Waals surface area contributed by atoms with Crippen molar-refractivity contribution in [2.75, 3.05) is 5.32 Å². The number of hydrogen-bond donors (Lipinski definition) is 1. The van der Waals surface area contributed by atoms with Crippen molar-refractivity contribution in [1.29, 1.82) is 0 Å². The van der Waals surface area contributed by atoms with Gasteiger partial charge in [0.1, 0.15) is 5.82 Å². The van der Waals surface area contributed by atoms with Crippen molar-refractivity contribution in [1.82, 2.24) is 0 Å². The number of nitro groups is 1. The molecule has 0 spiro atoms. The van der Waals surface area contributed by atoms with Gasteiger partial charge in [-0.2, -0.15) is 0 Å². The minimum Gasteiger partial charge on any atom is -0.381 e. The van der Waals surface area contributed by atoms with Crippen LogP contribution in [0.4, 0.5) is 15.8 Å². The molecule has 1 N–H and O–H groups in total. The van der Waals surface area contributed by atoms with Gasteiger partial charge in [0.05, 0.1) is 9.40 Å². The molecule has 6 heteroatoms. The third-order valence-corrected chi connectivity index (χ3v) is 3.52. The number of hydrogen-bond acceptors (Lipinski definition) is 3. The van der Waals surface area contributed by atoms with Crippen LogP contribution in [0.1, 0.15) is 11.1 Å². The highest BCUT2D eigenvalue weighted by Gasteiger charge is 2.10. The van der Waals surface area contributed by atoms with Gasteiger partial charge in [-0.3, -0.25) is 10.1 Å². The summed E-state index contributed by atoms with van der Waals surface area (Å²) in [6, 6.07) is 9.69. The Kier molecular flexibility index (Phi) is 4.34. The predicted octanol–water partition coefficient (Wildman–Crippen LogP) is 4.42. The van der Waals surface area contributed by atoms with Gasteiger partial charge in [-0.25, -0.2) is 4.39 Å². The van der Waals surface area contributed by atoms with E-state index in [0.29, 0.717) is 16.6 Å². The fourth-order valence-electron chi connectivity index (χ4n) is 1.82. The second-order valence-electron chi connectivity index (χ2n) is 4.36. The summed E-state index contributed by atoms with van der Waals surface area (Å²) in [5.74, 6) is -0.316. The van der Waals surface area contributed by atoms with Crippen molar-refractivity contribution in [3.63, 3.8) is 0 Å². The first-order valence-electron chi connectivity index (χ1n) is 5.90. The van der Waals surface area contributed by atoms with Gasteiger partial charge in [-0.1, -0.05) is 6.07 Å². The lowest BCUT2D eigenvalue weighted by molar-refractivity contribution is -0.385. The third-order valence-electron chi connectivity index (χ3n) is 2.87. The van der Waals surface area contributed by atoms with Crippen LogP contribution in [0.5, 0.6) is 0 Å². The monoisotopic (exact) mass is 338 g/mol. The van der Waals surface area contributed by atoms with E-state index in [4.69, 9.17) is 0 Å². The number of anilines is 1. The zero-order valence-corrected chi connectivity index (χ0v) is 12.3. The number of nitrogens with one attached hydrogen (secondary N) is 1. The van der Waals surface area contributed by atoms with Gasteiger partial charge in [-0.15, -0.1) is 0 Å². The van der Waals surface area contributed by atoms with E-state index < -0.39 is 4.92 Å². The minimum absolute atomic E-state index is 0.0882. The largest absolute Gasteiger partial charge is 0.381 e. The van der Waals surface area contributed by atoms with E-state index in [1.165, 1.54) is 12.1 Å². The fourth-order valence-corrected chi connectivity index (χ4v) is 2.07. The van der Waals surface area contributed by atoms with Crippen LogP contribution < -0.4 is 5.32 Å². The first-order chi connectivity index (χ1) is 9.47. The quantitative estimate of drug-likeness (QED) is 0.663. The van der Waals surface area contributed by atoms with E-state index in [0.717, 1.165) is 11.3 Å². The molecular formula is C14H12BrFN2O2. The molecule has 2 rings (SSSR count). The number of nitro benzene ring substituents is 1. The van der Waals surface area contributed by atoms with Crippen LogP contribution in [-0.2, 0) is 6.54 Å². The molecule has 104 valence electrons. The Labute approximate surface area is 123 Å². The number of rotatable bonds is 4. The summed E-state index contributed by atoms with van der Waals surface area (Å²) in [4.78, 5) is 10.3. The molecule has 0 saturated heterocycles. The summed E-state index contributed by atoms with van der Waals surface area (Å²) < 4.78 is 13.8. The molecular weight excluding hydrogens is 327 g/mol. The van der Waals surface area contributed by atoms with E-state index in [1.54, 1.807) is 31.2 Å². The second kappa shape index (κ2) is 6.00. The summed E-state index contributed by atoms with van der Waals surface area (Å²) in [6.07, 6.45) is 0. The van der Waals surface area contributed by atoms with Crippen molar-refractivity contribution >= 4 is 27.3 Å². The van der Waals surface area contributed by atoms with Gasteiger partial charge in [-0.05, 0) is 52.7 Å². The Morgan fingerprint density at radius 3 is 2.65 bits per heavy atom. The molecule has 0 radical (unpaired) electrons. The molecule has 2 aromatic rings. The van der Waals surface area contributed by atoms with Gasteiger partial charge in [0.25, 0.3) is 5.69 Å². The summed E-state index contributed by atoms with van der Waals surface area (Å²) in [5, 5.41) is 13.8. The van der Waals surface area contributed by atoms with E-state index in [1.807, 2.05) is 0 Å². The maximum Gasteiger partial charge on any atom is 0.272 e. The molecule has 4 nitrogen and oxygen atoms in total. The van der Waals surface area contributed by atoms with Crippen LogP contribution >= 0.6 is 15.9 Å². The van der Waals surface area contributed by atoms with E-state index in [2.05, 4.69) is 21.2 Å². The molecule has 0 aromatic heterocycles. The minimum atomic E-state index is -0.413. The van der Waals surface area contributed by atoms with Gasteiger partial charge in [0.2, 0.25) is 0 Å². The number of aryl methyl sites for hydroxylation is 1. The van der Waals surface area contributed by atoms with E-state index in [9.17, 15) is 14.5 Å². The average Bonchev–Trinajstić information content (AvgIpc) is 2.40. The highest BCUT2D eigenvalue weighted by atomic mass is 79.9. The van der Waals surface area contributed by atoms with Crippen molar-refractivity contribution in [2.24, 2.45) is 0 Å². The molecule has 0 aliphatic carbocycles. The van der Waals surface area contributed by atoms with Gasteiger partial charge in [0.15, 0.2) is 0 Å². The zero-order valence-electron chi connectivity index (χ0n) is 10.7.